The van der Waals surface area contributed by atoms with E-state index in [-0.39, 0.29) is 6.54 Å². The maximum atomic E-state index is 13.4. The van der Waals surface area contributed by atoms with Crippen LogP contribution in [0.25, 0.3) is 0 Å². The Morgan fingerprint density at radius 2 is 1.34 bits per heavy atom. The Hall–Kier alpha value is -1.57. The van der Waals surface area contributed by atoms with Gasteiger partial charge in [-0.25, -0.2) is 13.6 Å². The normalized spacial score (nSPS) is 14.3. The van der Waals surface area contributed by atoms with Crippen molar-refractivity contribution in [2.75, 3.05) is 13.2 Å². The van der Waals surface area contributed by atoms with Crippen LogP contribution in [0, 0.1) is 0 Å². The fraction of sp³-hybridized carbons (Fsp3) is 0.929. The second kappa shape index (κ2) is 9.49. The molecule has 0 atom stereocenters. The number of rotatable bonds is 12. The molecule has 1 N–H and O–H groups in total. The predicted octanol–water partition coefficient (Wildman–Crippen LogP) is 5.73. The fourth-order valence-electron chi connectivity index (χ4n) is 1.81. The zero-order valence-electron chi connectivity index (χ0n) is 14.7. The Morgan fingerprint density at radius 3 is 1.79 bits per heavy atom. The SMILES string of the molecule is CCCCCCNC(=O)OCC(F)(F)C(F)(F)C(F)(F)C(F)(F)C(F)(F)C(F)F. The summed E-state index contributed by atoms with van der Waals surface area (Å²) in [6, 6.07) is 0. The molecular weight excluding hydrogens is 442 g/mol. The number of halogens is 12. The first-order chi connectivity index (χ1) is 12.9. The van der Waals surface area contributed by atoms with E-state index >= 15 is 0 Å². The van der Waals surface area contributed by atoms with Gasteiger partial charge in [-0.1, -0.05) is 26.2 Å². The summed E-state index contributed by atoms with van der Waals surface area (Å²) >= 11 is 0. The molecule has 0 aromatic heterocycles. The van der Waals surface area contributed by atoms with E-state index in [4.69, 9.17) is 0 Å². The number of carbonyl (C=O) groups excluding carboxylic acids is 1. The Morgan fingerprint density at radius 1 is 0.828 bits per heavy atom. The minimum absolute atomic E-state index is 0.185. The molecule has 0 saturated heterocycles. The third-order valence-electron chi connectivity index (χ3n) is 3.62. The average Bonchev–Trinajstić information content (AvgIpc) is 2.59. The van der Waals surface area contributed by atoms with Crippen LogP contribution >= 0.6 is 0 Å². The molecule has 0 aliphatic carbocycles. The standard InChI is InChI=1S/C14H17F12NO2/c1-2-3-4-5-6-27-9(28)29-7-10(17,18)12(21,22)14(25,26)13(23,24)11(19,20)8(15)16/h8H,2-7H2,1H3,(H,27,28). The van der Waals surface area contributed by atoms with Crippen LogP contribution in [0.15, 0.2) is 0 Å². The van der Waals surface area contributed by atoms with E-state index in [2.05, 4.69) is 4.74 Å². The Bertz CT molecular complexity index is 539. The molecule has 3 nitrogen and oxygen atoms in total. The molecule has 0 aliphatic heterocycles. The average molecular weight is 459 g/mol. The largest absolute Gasteiger partial charge is 0.443 e. The summed E-state index contributed by atoms with van der Waals surface area (Å²) in [5, 5.41) is 1.78. The lowest BCUT2D eigenvalue weighted by molar-refractivity contribution is -0.414. The van der Waals surface area contributed by atoms with Gasteiger partial charge in [-0.15, -0.1) is 0 Å². The second-order valence-corrected chi connectivity index (χ2v) is 5.91. The molecule has 1 amide bonds. The van der Waals surface area contributed by atoms with Crippen LogP contribution in [0.3, 0.4) is 0 Å². The third kappa shape index (κ3) is 5.53. The molecule has 0 aromatic rings. The Kier molecular flexibility index (Phi) is 8.98. The van der Waals surface area contributed by atoms with E-state index in [1.54, 1.807) is 5.32 Å². The van der Waals surface area contributed by atoms with Crippen molar-refractivity contribution in [3.63, 3.8) is 0 Å². The van der Waals surface area contributed by atoms with Gasteiger partial charge < -0.3 is 10.1 Å². The van der Waals surface area contributed by atoms with Crippen molar-refractivity contribution in [3.05, 3.63) is 0 Å². The number of unbranched alkanes of at least 4 members (excludes halogenated alkanes) is 3. The molecule has 29 heavy (non-hydrogen) atoms. The van der Waals surface area contributed by atoms with Crippen molar-refractivity contribution in [2.24, 2.45) is 0 Å². The van der Waals surface area contributed by atoms with Gasteiger partial charge in [-0.05, 0) is 6.42 Å². The number of alkyl halides is 12. The smallest absolute Gasteiger partial charge is 0.407 e. The van der Waals surface area contributed by atoms with Crippen LogP contribution in [-0.4, -0.2) is 55.3 Å². The van der Waals surface area contributed by atoms with Crippen LogP contribution in [0.4, 0.5) is 57.5 Å². The zero-order valence-corrected chi connectivity index (χ0v) is 14.7. The maximum absolute atomic E-state index is 13.4. The molecule has 15 heteroatoms. The van der Waals surface area contributed by atoms with Crippen LogP contribution in [-0.2, 0) is 4.74 Å². The van der Waals surface area contributed by atoms with Crippen molar-refractivity contribution in [1.82, 2.24) is 5.32 Å². The molecule has 0 spiro atoms. The maximum Gasteiger partial charge on any atom is 0.407 e. The zero-order chi connectivity index (χ0) is 23.3. The van der Waals surface area contributed by atoms with E-state index in [9.17, 15) is 57.5 Å². The van der Waals surface area contributed by atoms with Crippen molar-refractivity contribution in [2.45, 2.75) is 68.6 Å². The molecule has 0 saturated carbocycles. The van der Waals surface area contributed by atoms with Crippen LogP contribution < -0.4 is 5.32 Å². The highest BCUT2D eigenvalue weighted by Gasteiger charge is 2.87. The molecule has 0 heterocycles. The predicted molar refractivity (Wildman–Crippen MR) is 74.2 cm³/mol. The molecule has 0 bridgehead atoms. The summed E-state index contributed by atoms with van der Waals surface area (Å²) in [6.45, 7) is -1.26. The minimum atomic E-state index is -7.64. The van der Waals surface area contributed by atoms with E-state index in [1.807, 2.05) is 6.92 Å². The number of carbonyl (C=O) groups is 1. The first-order valence-electron chi connectivity index (χ1n) is 7.98. The molecule has 0 fully saturated rings. The molecule has 0 unspecified atom stereocenters. The lowest BCUT2D eigenvalue weighted by Gasteiger charge is -2.38. The number of hydrogen-bond donors (Lipinski definition) is 1. The summed E-state index contributed by atoms with van der Waals surface area (Å²) in [5.41, 5.74) is 0. The van der Waals surface area contributed by atoms with Gasteiger partial charge in [-0.3, -0.25) is 0 Å². The van der Waals surface area contributed by atoms with Gasteiger partial charge in [0.15, 0.2) is 6.61 Å². The second-order valence-electron chi connectivity index (χ2n) is 5.91. The summed E-state index contributed by atoms with van der Waals surface area (Å²) in [6.07, 6.45) is -4.97. The van der Waals surface area contributed by atoms with Gasteiger partial charge in [0.2, 0.25) is 0 Å². The lowest BCUT2D eigenvalue weighted by Crippen LogP contribution is -2.69. The van der Waals surface area contributed by atoms with Gasteiger partial charge in [0, 0.05) is 6.54 Å². The first kappa shape index (κ1) is 27.4. The summed E-state index contributed by atoms with van der Waals surface area (Å²) in [5.74, 6) is -35.9. The Labute approximate surface area is 156 Å². The summed E-state index contributed by atoms with van der Waals surface area (Å²) < 4.78 is 158. The fourth-order valence-corrected chi connectivity index (χ4v) is 1.81. The van der Waals surface area contributed by atoms with E-state index in [0.29, 0.717) is 12.8 Å². The van der Waals surface area contributed by atoms with Gasteiger partial charge in [-0.2, -0.15) is 43.9 Å². The summed E-state index contributed by atoms with van der Waals surface area (Å²) in [4.78, 5) is 11.1. The van der Waals surface area contributed by atoms with Crippen molar-refractivity contribution < 1.29 is 62.2 Å². The molecule has 174 valence electrons. The van der Waals surface area contributed by atoms with Gasteiger partial charge >= 0.3 is 42.1 Å². The van der Waals surface area contributed by atoms with Gasteiger partial charge in [0.25, 0.3) is 0 Å². The Balaban J connectivity index is 5.26. The summed E-state index contributed by atoms with van der Waals surface area (Å²) in [7, 11) is 0. The van der Waals surface area contributed by atoms with Gasteiger partial charge in [0.1, 0.15) is 0 Å². The number of nitrogens with one attached hydrogen (secondary N) is 1. The van der Waals surface area contributed by atoms with E-state index < -0.39 is 48.7 Å². The highest BCUT2D eigenvalue weighted by Crippen LogP contribution is 2.58. The highest BCUT2D eigenvalue weighted by molar-refractivity contribution is 5.67. The van der Waals surface area contributed by atoms with Crippen molar-refractivity contribution >= 4 is 6.09 Å². The highest BCUT2D eigenvalue weighted by atomic mass is 19.4. The molecule has 0 aliphatic rings. The van der Waals surface area contributed by atoms with Crippen molar-refractivity contribution in [3.8, 4) is 0 Å². The topological polar surface area (TPSA) is 38.3 Å². The lowest BCUT2D eigenvalue weighted by atomic mass is 9.94. The van der Waals surface area contributed by atoms with Crippen LogP contribution in [0.2, 0.25) is 0 Å². The molecule has 0 aromatic carbocycles. The van der Waals surface area contributed by atoms with E-state index in [0.717, 1.165) is 12.8 Å². The monoisotopic (exact) mass is 459 g/mol. The van der Waals surface area contributed by atoms with Crippen LogP contribution in [0.5, 0.6) is 0 Å². The number of amides is 1. The molecule has 0 radical (unpaired) electrons. The quantitative estimate of drug-likeness (QED) is 0.299. The molecular formula is C14H17F12NO2. The van der Waals surface area contributed by atoms with Crippen LogP contribution in [0.1, 0.15) is 32.6 Å². The minimum Gasteiger partial charge on any atom is -0.443 e. The van der Waals surface area contributed by atoms with Crippen molar-refractivity contribution in [1.29, 1.82) is 0 Å². The van der Waals surface area contributed by atoms with Gasteiger partial charge in [0.05, 0.1) is 0 Å². The van der Waals surface area contributed by atoms with E-state index in [1.165, 1.54) is 0 Å². The number of ether oxygens (including phenoxy) is 1. The number of hydrogen-bond acceptors (Lipinski definition) is 2. The third-order valence-corrected chi connectivity index (χ3v) is 3.62. The molecule has 0 rings (SSSR count). The first-order valence-corrected chi connectivity index (χ1v) is 7.98. The number of alkyl carbamates (subject to hydrolysis) is 1.